The van der Waals surface area contributed by atoms with Gasteiger partial charge in [-0.25, -0.2) is 4.98 Å². The number of anilines is 2. The summed E-state index contributed by atoms with van der Waals surface area (Å²) >= 11 is 0. The topological polar surface area (TPSA) is 107 Å². The molecule has 0 fully saturated rings. The molecule has 0 saturated carbocycles. The Kier molecular flexibility index (Phi) is 4.38. The van der Waals surface area contributed by atoms with Crippen molar-refractivity contribution in [1.82, 2.24) is 29.7 Å². The van der Waals surface area contributed by atoms with Crippen LogP contribution in [0.15, 0.2) is 36.7 Å². The average molecular weight is 374 g/mol. The smallest absolute Gasteiger partial charge is 0.228 e. The van der Waals surface area contributed by atoms with Crippen molar-refractivity contribution in [3.8, 4) is 11.3 Å². The second-order valence-electron chi connectivity index (χ2n) is 6.91. The highest BCUT2D eigenvalue weighted by Gasteiger charge is 2.18. The first-order chi connectivity index (χ1) is 13.4. The lowest BCUT2D eigenvalue weighted by atomic mass is 9.99. The molecular formula is C20H22N8. The first-order valence-corrected chi connectivity index (χ1v) is 9.04. The molecule has 0 radical (unpaired) electrons. The van der Waals surface area contributed by atoms with Gasteiger partial charge in [0.25, 0.3) is 0 Å². The van der Waals surface area contributed by atoms with Crippen molar-refractivity contribution in [1.29, 1.82) is 0 Å². The van der Waals surface area contributed by atoms with Crippen LogP contribution in [0.5, 0.6) is 0 Å². The number of nitrogen functional groups attached to an aromatic ring is 1. The molecule has 1 atom stereocenters. The van der Waals surface area contributed by atoms with Crippen LogP contribution in [0.2, 0.25) is 0 Å². The van der Waals surface area contributed by atoms with Crippen molar-refractivity contribution in [2.75, 3.05) is 11.1 Å². The standard InChI is InChI=1S/C20H22N8/c1-11-6-5-7-14-8-16(12(2)23-20-25-13(3)24-19(21)27-20)18(26-17(11)14)15-9-22-28(4)10-15/h5-10,12H,1-4H3,(H3,21,23,24,25,27)/t12-/m0/s1. The Morgan fingerprint density at radius 2 is 1.93 bits per heavy atom. The lowest BCUT2D eigenvalue weighted by Crippen LogP contribution is -2.13. The van der Waals surface area contributed by atoms with E-state index in [1.807, 2.05) is 32.4 Å². The maximum absolute atomic E-state index is 5.76. The summed E-state index contributed by atoms with van der Waals surface area (Å²) < 4.78 is 1.77. The molecule has 0 spiro atoms. The number of pyridine rings is 1. The minimum absolute atomic E-state index is 0.103. The van der Waals surface area contributed by atoms with E-state index in [0.717, 1.165) is 33.3 Å². The molecule has 0 bridgehead atoms. The van der Waals surface area contributed by atoms with Gasteiger partial charge in [-0.05, 0) is 32.4 Å². The summed E-state index contributed by atoms with van der Waals surface area (Å²) in [6.07, 6.45) is 3.79. The lowest BCUT2D eigenvalue weighted by Gasteiger charge is -2.18. The lowest BCUT2D eigenvalue weighted by molar-refractivity contribution is 0.768. The molecule has 142 valence electrons. The van der Waals surface area contributed by atoms with Crippen LogP contribution in [-0.2, 0) is 7.05 Å². The highest BCUT2D eigenvalue weighted by Crippen LogP contribution is 2.32. The SMILES string of the molecule is Cc1nc(N)nc(N[C@@H](C)c2cc3cccc(C)c3nc2-c2cnn(C)c2)n1. The fraction of sp³-hybridized carbons (Fsp3) is 0.250. The molecule has 8 nitrogen and oxygen atoms in total. The van der Waals surface area contributed by atoms with E-state index in [-0.39, 0.29) is 12.0 Å². The average Bonchev–Trinajstić information content (AvgIpc) is 3.06. The van der Waals surface area contributed by atoms with Gasteiger partial charge in [-0.2, -0.15) is 20.1 Å². The zero-order valence-electron chi connectivity index (χ0n) is 16.3. The first kappa shape index (κ1) is 17.8. The van der Waals surface area contributed by atoms with Gasteiger partial charge in [0.1, 0.15) is 5.82 Å². The molecule has 0 amide bonds. The molecule has 0 saturated heterocycles. The summed E-state index contributed by atoms with van der Waals surface area (Å²) in [5.74, 6) is 1.21. The van der Waals surface area contributed by atoms with Crippen LogP contribution in [-0.4, -0.2) is 29.7 Å². The van der Waals surface area contributed by atoms with Crippen LogP contribution in [0.4, 0.5) is 11.9 Å². The summed E-state index contributed by atoms with van der Waals surface area (Å²) in [4.78, 5) is 17.5. The predicted octanol–water partition coefficient (Wildman–Crippen LogP) is 3.19. The number of nitrogens with zero attached hydrogens (tertiary/aromatic N) is 6. The van der Waals surface area contributed by atoms with Crippen molar-refractivity contribution < 1.29 is 0 Å². The Hall–Kier alpha value is -3.55. The highest BCUT2D eigenvalue weighted by atomic mass is 15.2. The van der Waals surface area contributed by atoms with Crippen LogP contribution < -0.4 is 11.1 Å². The van der Waals surface area contributed by atoms with Crippen molar-refractivity contribution in [2.45, 2.75) is 26.8 Å². The first-order valence-electron chi connectivity index (χ1n) is 9.04. The Balaban J connectivity index is 1.84. The second kappa shape index (κ2) is 6.88. The van der Waals surface area contributed by atoms with Gasteiger partial charge in [-0.1, -0.05) is 18.2 Å². The van der Waals surface area contributed by atoms with E-state index in [1.165, 1.54) is 0 Å². The molecule has 0 aliphatic rings. The molecule has 3 N–H and O–H groups in total. The molecule has 0 aliphatic carbocycles. The van der Waals surface area contributed by atoms with Gasteiger partial charge in [0.05, 0.1) is 23.4 Å². The number of hydrogen-bond donors (Lipinski definition) is 2. The van der Waals surface area contributed by atoms with Gasteiger partial charge in [0.15, 0.2) is 0 Å². The molecular weight excluding hydrogens is 352 g/mol. The number of benzene rings is 1. The van der Waals surface area contributed by atoms with Gasteiger partial charge in [-0.15, -0.1) is 0 Å². The molecule has 1 aromatic carbocycles. The number of rotatable bonds is 4. The Morgan fingerprint density at radius 1 is 1.11 bits per heavy atom. The molecule has 0 unspecified atom stereocenters. The number of para-hydroxylation sites is 1. The molecule has 8 heteroatoms. The van der Waals surface area contributed by atoms with E-state index >= 15 is 0 Å². The maximum atomic E-state index is 5.76. The van der Waals surface area contributed by atoms with E-state index in [4.69, 9.17) is 10.7 Å². The normalized spacial score (nSPS) is 12.3. The van der Waals surface area contributed by atoms with E-state index in [2.05, 4.69) is 50.5 Å². The monoisotopic (exact) mass is 374 g/mol. The largest absolute Gasteiger partial charge is 0.368 e. The third-order valence-corrected chi connectivity index (χ3v) is 4.63. The fourth-order valence-corrected chi connectivity index (χ4v) is 3.31. The summed E-state index contributed by atoms with van der Waals surface area (Å²) in [7, 11) is 1.90. The minimum atomic E-state index is -0.103. The number of nitrogens with one attached hydrogen (secondary N) is 1. The zero-order chi connectivity index (χ0) is 19.8. The van der Waals surface area contributed by atoms with E-state index < -0.39 is 0 Å². The van der Waals surface area contributed by atoms with E-state index in [0.29, 0.717) is 11.8 Å². The predicted molar refractivity (Wildman–Crippen MR) is 110 cm³/mol. The van der Waals surface area contributed by atoms with Gasteiger partial charge in [-0.3, -0.25) is 4.68 Å². The van der Waals surface area contributed by atoms with Crippen molar-refractivity contribution >= 4 is 22.8 Å². The summed E-state index contributed by atoms with van der Waals surface area (Å²) in [5.41, 5.74) is 10.8. The molecule has 28 heavy (non-hydrogen) atoms. The van der Waals surface area contributed by atoms with Crippen LogP contribution >= 0.6 is 0 Å². The van der Waals surface area contributed by atoms with Crippen LogP contribution in [0, 0.1) is 13.8 Å². The quantitative estimate of drug-likeness (QED) is 0.565. The van der Waals surface area contributed by atoms with Gasteiger partial charge in [0, 0.05) is 29.8 Å². The third kappa shape index (κ3) is 3.36. The minimum Gasteiger partial charge on any atom is -0.368 e. The zero-order valence-corrected chi connectivity index (χ0v) is 16.3. The summed E-state index contributed by atoms with van der Waals surface area (Å²) in [5, 5.41) is 8.72. The molecule has 0 aliphatic heterocycles. The molecule has 4 aromatic rings. The molecule has 3 aromatic heterocycles. The van der Waals surface area contributed by atoms with Crippen molar-refractivity contribution in [2.24, 2.45) is 7.05 Å². The highest BCUT2D eigenvalue weighted by molar-refractivity contribution is 5.86. The summed E-state index contributed by atoms with van der Waals surface area (Å²) in [6, 6.07) is 8.24. The number of nitrogens with two attached hydrogens (primary N) is 1. The van der Waals surface area contributed by atoms with E-state index in [9.17, 15) is 0 Å². The number of hydrogen-bond acceptors (Lipinski definition) is 7. The maximum Gasteiger partial charge on any atom is 0.228 e. The molecule has 3 heterocycles. The van der Waals surface area contributed by atoms with Crippen molar-refractivity contribution in [3.63, 3.8) is 0 Å². The van der Waals surface area contributed by atoms with Gasteiger partial charge >= 0.3 is 0 Å². The van der Waals surface area contributed by atoms with Crippen LogP contribution in [0.25, 0.3) is 22.2 Å². The van der Waals surface area contributed by atoms with Gasteiger partial charge < -0.3 is 11.1 Å². The number of fused-ring (bicyclic) bond motifs is 1. The van der Waals surface area contributed by atoms with Crippen molar-refractivity contribution in [3.05, 3.63) is 53.6 Å². The van der Waals surface area contributed by atoms with E-state index in [1.54, 1.807) is 11.6 Å². The summed E-state index contributed by atoms with van der Waals surface area (Å²) in [6.45, 7) is 5.91. The number of aryl methyl sites for hydroxylation is 3. The third-order valence-electron chi connectivity index (χ3n) is 4.63. The Labute approximate surface area is 162 Å². The Morgan fingerprint density at radius 3 is 2.64 bits per heavy atom. The Bertz CT molecular complexity index is 1140. The van der Waals surface area contributed by atoms with Crippen LogP contribution in [0.1, 0.15) is 29.9 Å². The number of aromatic nitrogens is 6. The van der Waals surface area contributed by atoms with Gasteiger partial charge in [0.2, 0.25) is 11.9 Å². The fourth-order valence-electron chi connectivity index (χ4n) is 3.31. The molecule has 4 rings (SSSR count). The van der Waals surface area contributed by atoms with Crippen LogP contribution in [0.3, 0.4) is 0 Å². The second-order valence-corrected chi connectivity index (χ2v) is 6.91.